The summed E-state index contributed by atoms with van der Waals surface area (Å²) in [6, 6.07) is 11.5. The summed E-state index contributed by atoms with van der Waals surface area (Å²) in [7, 11) is 3.00. The highest BCUT2D eigenvalue weighted by atomic mass is 35.5. The van der Waals surface area contributed by atoms with E-state index in [4.69, 9.17) is 21.1 Å². The molecule has 2 amide bonds. The number of Topliss-reactive ketones (excluding diaryl/α,β-unsaturated/α-hetero) is 1. The summed E-state index contributed by atoms with van der Waals surface area (Å²) in [5, 5.41) is -0.00156. The lowest BCUT2D eigenvalue weighted by atomic mass is 10.1. The van der Waals surface area contributed by atoms with Gasteiger partial charge in [-0.2, -0.15) is 0 Å². The summed E-state index contributed by atoms with van der Waals surface area (Å²) in [4.78, 5) is 38.5. The number of hydrogen-bond donors (Lipinski definition) is 0. The first-order chi connectivity index (χ1) is 13.4. The fourth-order valence-corrected chi connectivity index (χ4v) is 3.63. The van der Waals surface area contributed by atoms with Gasteiger partial charge in [-0.25, -0.2) is 0 Å². The normalized spacial score (nSPS) is 15.2. The summed E-state index contributed by atoms with van der Waals surface area (Å²) in [6.45, 7) is -0.334. The highest BCUT2D eigenvalue weighted by molar-refractivity contribution is 8.18. The average Bonchev–Trinajstić information content (AvgIpc) is 2.95. The number of halogens is 1. The molecular formula is C20H16ClNO5S. The van der Waals surface area contributed by atoms with Crippen LogP contribution in [0.3, 0.4) is 0 Å². The zero-order valence-electron chi connectivity index (χ0n) is 15.1. The van der Waals surface area contributed by atoms with Crippen LogP contribution in [0.15, 0.2) is 47.4 Å². The van der Waals surface area contributed by atoms with Crippen molar-refractivity contribution in [3.05, 3.63) is 63.5 Å². The minimum Gasteiger partial charge on any atom is -0.493 e. The maximum Gasteiger partial charge on any atom is 0.293 e. The van der Waals surface area contributed by atoms with Gasteiger partial charge >= 0.3 is 0 Å². The molecule has 2 aromatic rings. The average molecular weight is 418 g/mol. The van der Waals surface area contributed by atoms with E-state index >= 15 is 0 Å². The van der Waals surface area contributed by atoms with E-state index in [9.17, 15) is 14.4 Å². The molecule has 3 rings (SSSR count). The Morgan fingerprint density at radius 3 is 2.46 bits per heavy atom. The van der Waals surface area contributed by atoms with Gasteiger partial charge in [0.05, 0.1) is 25.7 Å². The molecule has 0 saturated carbocycles. The Balaban J connectivity index is 1.83. The molecule has 0 bridgehead atoms. The number of carbonyl (C=O) groups excluding carboxylic acids is 3. The number of amides is 2. The van der Waals surface area contributed by atoms with Gasteiger partial charge in [0.25, 0.3) is 11.1 Å². The van der Waals surface area contributed by atoms with Crippen molar-refractivity contribution in [3.8, 4) is 11.5 Å². The maximum absolute atomic E-state index is 12.7. The fourth-order valence-electron chi connectivity index (χ4n) is 2.67. The first kappa shape index (κ1) is 20.0. The lowest BCUT2D eigenvalue weighted by Gasteiger charge is -2.12. The number of carbonyl (C=O) groups is 3. The lowest BCUT2D eigenvalue weighted by Crippen LogP contribution is -2.33. The minimum atomic E-state index is -0.526. The highest BCUT2D eigenvalue weighted by Gasteiger charge is 2.36. The molecule has 0 aliphatic carbocycles. The molecule has 8 heteroatoms. The summed E-state index contributed by atoms with van der Waals surface area (Å²) in [5.41, 5.74) is 0.971. The van der Waals surface area contributed by atoms with Crippen LogP contribution in [0.4, 0.5) is 4.79 Å². The van der Waals surface area contributed by atoms with Crippen LogP contribution < -0.4 is 9.47 Å². The molecule has 0 atom stereocenters. The number of ketones is 1. The largest absolute Gasteiger partial charge is 0.493 e. The van der Waals surface area contributed by atoms with E-state index in [0.29, 0.717) is 27.6 Å². The van der Waals surface area contributed by atoms with Crippen LogP contribution in [0.2, 0.25) is 5.02 Å². The van der Waals surface area contributed by atoms with Crippen molar-refractivity contribution in [2.24, 2.45) is 0 Å². The zero-order chi connectivity index (χ0) is 20.3. The SMILES string of the molecule is COc1cccc(/C=C2/SC(=O)N(CC(=O)c3ccc(Cl)cc3)C2=O)c1OC. The monoisotopic (exact) mass is 417 g/mol. The second kappa shape index (κ2) is 8.50. The number of hydrogen-bond acceptors (Lipinski definition) is 6. The summed E-state index contributed by atoms with van der Waals surface area (Å²) in [6.07, 6.45) is 1.55. The second-order valence-corrected chi connectivity index (χ2v) is 7.21. The molecule has 0 spiro atoms. The van der Waals surface area contributed by atoms with E-state index in [0.717, 1.165) is 16.7 Å². The second-order valence-electron chi connectivity index (χ2n) is 5.78. The Hall–Kier alpha value is -2.77. The van der Waals surface area contributed by atoms with E-state index in [1.807, 2.05) is 0 Å². The number of benzene rings is 2. The lowest BCUT2D eigenvalue weighted by molar-refractivity contribution is -0.122. The molecule has 2 aromatic carbocycles. The number of thioether (sulfide) groups is 1. The molecule has 1 aliphatic heterocycles. The maximum atomic E-state index is 12.7. The predicted molar refractivity (Wildman–Crippen MR) is 108 cm³/mol. The summed E-state index contributed by atoms with van der Waals surface area (Å²) >= 11 is 6.59. The van der Waals surface area contributed by atoms with E-state index in [1.54, 1.807) is 48.5 Å². The van der Waals surface area contributed by atoms with Crippen LogP contribution in [-0.4, -0.2) is 42.6 Å². The standard InChI is InChI=1S/C20H16ClNO5S/c1-26-16-5-3-4-13(18(16)27-2)10-17-19(24)22(20(25)28-17)11-15(23)12-6-8-14(21)9-7-12/h3-10H,11H2,1-2H3/b17-10+. The van der Waals surface area contributed by atoms with E-state index in [2.05, 4.69) is 0 Å². The topological polar surface area (TPSA) is 72.9 Å². The van der Waals surface area contributed by atoms with Gasteiger partial charge in [-0.1, -0.05) is 23.7 Å². The van der Waals surface area contributed by atoms with Crippen molar-refractivity contribution in [2.45, 2.75) is 0 Å². The van der Waals surface area contributed by atoms with Gasteiger partial charge in [0, 0.05) is 16.1 Å². The third-order valence-corrected chi connectivity index (χ3v) is 5.22. The number of para-hydroxylation sites is 1. The minimum absolute atomic E-state index is 0.209. The third-order valence-electron chi connectivity index (χ3n) is 4.06. The van der Waals surface area contributed by atoms with Crippen LogP contribution in [0.5, 0.6) is 11.5 Å². The first-order valence-electron chi connectivity index (χ1n) is 8.19. The molecular weight excluding hydrogens is 402 g/mol. The molecule has 0 radical (unpaired) electrons. The van der Waals surface area contributed by atoms with Crippen LogP contribution >= 0.6 is 23.4 Å². The molecule has 1 saturated heterocycles. The quantitative estimate of drug-likeness (QED) is 0.516. The predicted octanol–water partition coefficient (Wildman–Crippen LogP) is 4.28. The molecule has 0 aromatic heterocycles. The van der Waals surface area contributed by atoms with Gasteiger partial charge in [0.1, 0.15) is 0 Å². The van der Waals surface area contributed by atoms with Crippen LogP contribution in [0, 0.1) is 0 Å². The van der Waals surface area contributed by atoms with Crippen LogP contribution in [0.25, 0.3) is 6.08 Å². The molecule has 28 heavy (non-hydrogen) atoms. The number of imide groups is 1. The van der Waals surface area contributed by atoms with Gasteiger partial charge < -0.3 is 9.47 Å². The van der Waals surface area contributed by atoms with Crippen molar-refractivity contribution in [3.63, 3.8) is 0 Å². The Bertz CT molecular complexity index is 971. The Morgan fingerprint density at radius 2 is 1.82 bits per heavy atom. The number of methoxy groups -OCH3 is 2. The van der Waals surface area contributed by atoms with Gasteiger partial charge in [-0.3, -0.25) is 19.3 Å². The number of ether oxygens (including phenoxy) is 2. The fraction of sp³-hybridized carbons (Fsp3) is 0.150. The van der Waals surface area contributed by atoms with Gasteiger partial charge in [0.2, 0.25) is 0 Å². The van der Waals surface area contributed by atoms with Crippen LogP contribution in [-0.2, 0) is 4.79 Å². The zero-order valence-corrected chi connectivity index (χ0v) is 16.7. The molecule has 1 heterocycles. The molecule has 0 N–H and O–H groups in total. The highest BCUT2D eigenvalue weighted by Crippen LogP contribution is 2.37. The Labute approximate surface area is 171 Å². The molecule has 0 unspecified atom stereocenters. The summed E-state index contributed by atoms with van der Waals surface area (Å²) < 4.78 is 10.6. The first-order valence-corrected chi connectivity index (χ1v) is 9.39. The van der Waals surface area contributed by atoms with Gasteiger partial charge in [-0.05, 0) is 48.2 Å². The van der Waals surface area contributed by atoms with Crippen LogP contribution in [0.1, 0.15) is 15.9 Å². The van der Waals surface area contributed by atoms with E-state index in [1.165, 1.54) is 14.2 Å². The van der Waals surface area contributed by atoms with E-state index < -0.39 is 11.1 Å². The third kappa shape index (κ3) is 4.05. The molecule has 1 fully saturated rings. The molecule has 1 aliphatic rings. The number of rotatable bonds is 6. The van der Waals surface area contributed by atoms with Crippen molar-refractivity contribution in [2.75, 3.05) is 20.8 Å². The van der Waals surface area contributed by atoms with Gasteiger partial charge in [0.15, 0.2) is 17.3 Å². The van der Waals surface area contributed by atoms with Crippen molar-refractivity contribution in [1.29, 1.82) is 0 Å². The Kier molecular flexibility index (Phi) is 6.06. The van der Waals surface area contributed by atoms with Crippen molar-refractivity contribution in [1.82, 2.24) is 4.90 Å². The van der Waals surface area contributed by atoms with Gasteiger partial charge in [-0.15, -0.1) is 0 Å². The van der Waals surface area contributed by atoms with E-state index in [-0.39, 0.29) is 17.2 Å². The van der Waals surface area contributed by atoms with Crippen molar-refractivity contribution < 1.29 is 23.9 Å². The van der Waals surface area contributed by atoms with Crippen molar-refractivity contribution >= 4 is 46.4 Å². The molecule has 6 nitrogen and oxygen atoms in total. The summed E-state index contributed by atoms with van der Waals surface area (Å²) in [5.74, 6) is 0.0869. The Morgan fingerprint density at radius 1 is 1.11 bits per heavy atom. The molecule has 144 valence electrons. The number of nitrogens with zero attached hydrogens (tertiary/aromatic N) is 1. The smallest absolute Gasteiger partial charge is 0.293 e.